The molecule has 0 bridgehead atoms. The lowest BCUT2D eigenvalue weighted by Crippen LogP contribution is -2.29. The van der Waals surface area contributed by atoms with Crippen molar-refractivity contribution in [1.82, 2.24) is 5.32 Å². The maximum atomic E-state index is 13.5. The van der Waals surface area contributed by atoms with Gasteiger partial charge in [0.25, 0.3) is 0 Å². The monoisotopic (exact) mass is 360 g/mol. The van der Waals surface area contributed by atoms with Crippen molar-refractivity contribution < 1.29 is 14.0 Å². The minimum absolute atomic E-state index is 0.136. The number of hydrogen-bond acceptors (Lipinski definition) is 2. The summed E-state index contributed by atoms with van der Waals surface area (Å²) in [5, 5.41) is 6.06. The number of para-hydroxylation sites is 1. The topological polar surface area (TPSA) is 58.2 Å². The third kappa shape index (κ3) is 4.57. The molecule has 2 atom stereocenters. The molecule has 2 aromatic rings. The normalized spacial score (nSPS) is 18.5. The van der Waals surface area contributed by atoms with Crippen LogP contribution in [0.15, 0.2) is 48.5 Å². The van der Waals surface area contributed by atoms with Gasteiger partial charge in [-0.1, -0.05) is 35.9 Å². The lowest BCUT2D eigenvalue weighted by atomic mass is 10.1. The van der Waals surface area contributed by atoms with Crippen molar-refractivity contribution in [2.24, 2.45) is 11.8 Å². The van der Waals surface area contributed by atoms with Crippen LogP contribution in [0.3, 0.4) is 0 Å². The van der Waals surface area contributed by atoms with Crippen LogP contribution in [0.2, 0.25) is 5.02 Å². The molecule has 2 aromatic carbocycles. The van der Waals surface area contributed by atoms with E-state index in [0.717, 1.165) is 5.56 Å². The zero-order chi connectivity index (χ0) is 17.8. The Balaban J connectivity index is 1.43. The van der Waals surface area contributed by atoms with Crippen molar-refractivity contribution in [2.75, 3.05) is 11.9 Å². The number of amides is 2. The summed E-state index contributed by atoms with van der Waals surface area (Å²) in [6, 6.07) is 13.4. The summed E-state index contributed by atoms with van der Waals surface area (Å²) < 4.78 is 13.5. The molecule has 3 rings (SSSR count). The molecular formula is C19H18ClFN2O2. The van der Waals surface area contributed by atoms with Crippen LogP contribution in [0.25, 0.3) is 0 Å². The van der Waals surface area contributed by atoms with Gasteiger partial charge in [-0.2, -0.15) is 0 Å². The number of benzene rings is 2. The molecule has 2 N–H and O–H groups in total. The number of nitrogens with one attached hydrogen (secondary N) is 2. The van der Waals surface area contributed by atoms with Crippen LogP contribution >= 0.6 is 11.6 Å². The Bertz CT molecular complexity index is 779. The summed E-state index contributed by atoms with van der Waals surface area (Å²) in [7, 11) is 0. The lowest BCUT2D eigenvalue weighted by molar-refractivity contribution is -0.125. The van der Waals surface area contributed by atoms with E-state index in [1.807, 2.05) is 24.3 Å². The highest BCUT2D eigenvalue weighted by Gasteiger charge is 2.47. The van der Waals surface area contributed by atoms with Crippen LogP contribution < -0.4 is 10.6 Å². The van der Waals surface area contributed by atoms with Crippen LogP contribution in [0.4, 0.5) is 10.1 Å². The molecule has 0 aliphatic heterocycles. The summed E-state index contributed by atoms with van der Waals surface area (Å²) in [5.74, 6) is -1.67. The van der Waals surface area contributed by atoms with E-state index >= 15 is 0 Å². The van der Waals surface area contributed by atoms with Gasteiger partial charge >= 0.3 is 0 Å². The molecule has 1 fully saturated rings. The van der Waals surface area contributed by atoms with Crippen molar-refractivity contribution in [3.63, 3.8) is 0 Å². The second-order valence-corrected chi connectivity index (χ2v) is 6.52. The molecule has 2 amide bonds. The Labute approximate surface area is 150 Å². The molecule has 6 heteroatoms. The van der Waals surface area contributed by atoms with E-state index in [9.17, 15) is 14.0 Å². The zero-order valence-corrected chi connectivity index (χ0v) is 14.2. The van der Waals surface area contributed by atoms with E-state index in [-0.39, 0.29) is 23.4 Å². The molecule has 1 saturated carbocycles. The molecule has 1 aliphatic rings. The van der Waals surface area contributed by atoms with Crippen LogP contribution in [-0.2, 0) is 16.0 Å². The minimum Gasteiger partial charge on any atom is -0.356 e. The first-order valence-electron chi connectivity index (χ1n) is 8.12. The van der Waals surface area contributed by atoms with Crippen molar-refractivity contribution in [1.29, 1.82) is 0 Å². The quantitative estimate of drug-likeness (QED) is 0.829. The molecule has 2 unspecified atom stereocenters. The molecule has 4 nitrogen and oxygen atoms in total. The molecule has 0 aromatic heterocycles. The maximum Gasteiger partial charge on any atom is 0.228 e. The number of rotatable bonds is 6. The zero-order valence-electron chi connectivity index (χ0n) is 13.5. The third-order valence-corrected chi connectivity index (χ3v) is 4.47. The average Bonchev–Trinajstić information content (AvgIpc) is 3.39. The summed E-state index contributed by atoms with van der Waals surface area (Å²) >= 11 is 5.83. The fourth-order valence-electron chi connectivity index (χ4n) is 2.67. The van der Waals surface area contributed by atoms with Crippen LogP contribution in [0.5, 0.6) is 0 Å². The first kappa shape index (κ1) is 17.4. The Morgan fingerprint density at radius 3 is 2.44 bits per heavy atom. The highest BCUT2D eigenvalue weighted by atomic mass is 35.5. The Hall–Kier alpha value is -2.40. The van der Waals surface area contributed by atoms with E-state index in [4.69, 9.17) is 11.6 Å². The van der Waals surface area contributed by atoms with E-state index in [0.29, 0.717) is 24.4 Å². The van der Waals surface area contributed by atoms with Crippen molar-refractivity contribution in [3.05, 3.63) is 64.9 Å². The SMILES string of the molecule is O=C(NCCc1ccc(Cl)cc1)C1CC1C(=O)Nc1ccccc1F. The number of carbonyl (C=O) groups excluding carboxylic acids is 2. The predicted molar refractivity (Wildman–Crippen MR) is 94.8 cm³/mol. The second-order valence-electron chi connectivity index (χ2n) is 6.09. The van der Waals surface area contributed by atoms with Gasteiger partial charge in [0.15, 0.2) is 0 Å². The van der Waals surface area contributed by atoms with E-state index in [1.54, 1.807) is 12.1 Å². The molecule has 130 valence electrons. The maximum absolute atomic E-state index is 13.5. The Morgan fingerprint density at radius 2 is 1.72 bits per heavy atom. The molecular weight excluding hydrogens is 343 g/mol. The van der Waals surface area contributed by atoms with Gasteiger partial charge in [-0.25, -0.2) is 4.39 Å². The number of anilines is 1. The molecule has 0 spiro atoms. The Morgan fingerprint density at radius 1 is 1.04 bits per heavy atom. The smallest absolute Gasteiger partial charge is 0.228 e. The molecule has 0 saturated heterocycles. The minimum atomic E-state index is -0.486. The summed E-state index contributed by atoms with van der Waals surface area (Å²) in [6.07, 6.45) is 1.19. The number of hydrogen-bond donors (Lipinski definition) is 2. The van der Waals surface area contributed by atoms with Crippen LogP contribution in [0, 0.1) is 17.7 Å². The second kappa shape index (κ2) is 7.66. The van der Waals surface area contributed by atoms with Gasteiger partial charge in [0.05, 0.1) is 17.5 Å². The number of carbonyl (C=O) groups is 2. The highest BCUT2D eigenvalue weighted by molar-refractivity contribution is 6.30. The fourth-order valence-corrected chi connectivity index (χ4v) is 2.80. The highest BCUT2D eigenvalue weighted by Crippen LogP contribution is 2.39. The molecule has 0 radical (unpaired) electrons. The van der Waals surface area contributed by atoms with Gasteiger partial charge in [0.1, 0.15) is 5.82 Å². The average molecular weight is 361 g/mol. The first-order chi connectivity index (χ1) is 12.0. The van der Waals surface area contributed by atoms with Gasteiger partial charge < -0.3 is 10.6 Å². The molecule has 25 heavy (non-hydrogen) atoms. The lowest BCUT2D eigenvalue weighted by Gasteiger charge is -2.07. The van der Waals surface area contributed by atoms with Gasteiger partial charge in [-0.15, -0.1) is 0 Å². The first-order valence-corrected chi connectivity index (χ1v) is 8.50. The van der Waals surface area contributed by atoms with Gasteiger partial charge in [-0.3, -0.25) is 9.59 Å². The molecule has 1 aliphatic carbocycles. The summed E-state index contributed by atoms with van der Waals surface area (Å²) in [6.45, 7) is 0.499. The Kier molecular flexibility index (Phi) is 5.34. The van der Waals surface area contributed by atoms with E-state index in [1.165, 1.54) is 12.1 Å². The van der Waals surface area contributed by atoms with Crippen molar-refractivity contribution in [2.45, 2.75) is 12.8 Å². The van der Waals surface area contributed by atoms with E-state index < -0.39 is 11.7 Å². The van der Waals surface area contributed by atoms with Crippen molar-refractivity contribution >= 4 is 29.1 Å². The van der Waals surface area contributed by atoms with Gasteiger partial charge in [0.2, 0.25) is 11.8 Å². The van der Waals surface area contributed by atoms with Crippen LogP contribution in [0.1, 0.15) is 12.0 Å². The number of halogens is 2. The fraction of sp³-hybridized carbons (Fsp3) is 0.263. The summed E-state index contributed by atoms with van der Waals surface area (Å²) in [4.78, 5) is 24.2. The predicted octanol–water partition coefficient (Wildman–Crippen LogP) is 3.41. The standard InChI is InChI=1S/C19H18ClFN2O2/c20-13-7-5-12(6-8-13)9-10-22-18(24)14-11-15(14)19(25)23-17-4-2-1-3-16(17)21/h1-8,14-15H,9-11H2,(H,22,24)(H,23,25). The van der Waals surface area contributed by atoms with Gasteiger partial charge in [0, 0.05) is 11.6 Å². The van der Waals surface area contributed by atoms with Gasteiger partial charge in [-0.05, 0) is 42.7 Å². The van der Waals surface area contributed by atoms with Crippen LogP contribution in [-0.4, -0.2) is 18.4 Å². The molecule has 0 heterocycles. The van der Waals surface area contributed by atoms with Crippen molar-refractivity contribution in [3.8, 4) is 0 Å². The third-order valence-electron chi connectivity index (χ3n) is 4.22. The summed E-state index contributed by atoms with van der Waals surface area (Å²) in [5.41, 5.74) is 1.22. The largest absolute Gasteiger partial charge is 0.356 e. The van der Waals surface area contributed by atoms with E-state index in [2.05, 4.69) is 10.6 Å².